The van der Waals surface area contributed by atoms with Crippen molar-refractivity contribution in [1.82, 2.24) is 0 Å². The van der Waals surface area contributed by atoms with E-state index in [4.69, 9.17) is 10.5 Å². The molecule has 1 rings (SSSR count). The van der Waals surface area contributed by atoms with E-state index in [1.165, 1.54) is 7.11 Å². The van der Waals surface area contributed by atoms with E-state index in [-0.39, 0.29) is 0 Å². The Balaban J connectivity index is 3.23. The van der Waals surface area contributed by atoms with Gasteiger partial charge in [0, 0.05) is 5.56 Å². The van der Waals surface area contributed by atoms with Crippen LogP contribution in [0.25, 0.3) is 0 Å². The quantitative estimate of drug-likeness (QED) is 0.476. The first-order chi connectivity index (χ1) is 7.72. The molecule has 0 fully saturated rings. The third kappa shape index (κ3) is 2.58. The molecule has 0 spiro atoms. The number of hydrogen-bond acceptors (Lipinski definition) is 5. The summed E-state index contributed by atoms with van der Waals surface area (Å²) in [5, 5.41) is 24.3. The Hall–Kier alpha value is -2.35. The van der Waals surface area contributed by atoms with Crippen LogP contribution in [-0.2, 0) is 4.84 Å². The van der Waals surface area contributed by atoms with E-state index in [2.05, 4.69) is 15.1 Å². The molecule has 82 valence electrons. The summed E-state index contributed by atoms with van der Waals surface area (Å²) in [6, 6.07) is 8.83. The molecule has 5 heteroatoms. The zero-order valence-corrected chi connectivity index (χ0v) is 9.01. The van der Waals surface area contributed by atoms with Gasteiger partial charge in [0.25, 0.3) is 0 Å². The van der Waals surface area contributed by atoms with Gasteiger partial charge in [0.2, 0.25) is 0 Å². The first kappa shape index (κ1) is 11.7. The van der Waals surface area contributed by atoms with Crippen molar-refractivity contribution >= 4 is 11.4 Å². The maximum atomic E-state index is 8.77. The molecule has 0 radical (unpaired) electrons. The monoisotopic (exact) mass is 217 g/mol. The molecular weight excluding hydrogens is 206 g/mol. The Kier molecular flexibility index (Phi) is 4.04. The average Bonchev–Trinajstić information content (AvgIpc) is 2.35. The van der Waals surface area contributed by atoms with Gasteiger partial charge in [-0.25, -0.2) is 0 Å². The molecule has 5 nitrogen and oxygen atoms in total. The lowest BCUT2D eigenvalue weighted by atomic mass is 10.0. The van der Waals surface area contributed by atoms with Crippen LogP contribution in [0.4, 0.5) is 0 Å². The van der Waals surface area contributed by atoms with Crippen molar-refractivity contribution in [1.29, 1.82) is 5.26 Å². The molecule has 0 aliphatic heterocycles. The topological polar surface area (TPSA) is 78.0 Å². The van der Waals surface area contributed by atoms with E-state index >= 15 is 0 Å². The lowest BCUT2D eigenvalue weighted by molar-refractivity contribution is 0.214. The fraction of sp³-hybridized carbons (Fsp3) is 0.182. The molecule has 0 atom stereocenters. The molecule has 0 aliphatic carbocycles. The van der Waals surface area contributed by atoms with E-state index < -0.39 is 0 Å². The molecule has 0 saturated carbocycles. The summed E-state index contributed by atoms with van der Waals surface area (Å²) in [5.41, 5.74) is 1.88. The standard InChI is InChI=1S/C11H11N3O2/c1-8(13-15)11(14-16-2)10-5-3-4-9(6-10)7-12/h3-6,15H,1-2H3/b13-8+,14-11-. The number of nitriles is 1. The lowest BCUT2D eigenvalue weighted by Crippen LogP contribution is -2.12. The Morgan fingerprint density at radius 2 is 2.25 bits per heavy atom. The van der Waals surface area contributed by atoms with Gasteiger partial charge < -0.3 is 10.0 Å². The van der Waals surface area contributed by atoms with E-state index in [0.29, 0.717) is 22.6 Å². The molecule has 0 saturated heterocycles. The zero-order chi connectivity index (χ0) is 12.0. The van der Waals surface area contributed by atoms with E-state index in [1.54, 1.807) is 31.2 Å². The molecule has 0 unspecified atom stereocenters. The van der Waals surface area contributed by atoms with Gasteiger partial charge in [-0.3, -0.25) is 0 Å². The SMILES string of the molecule is CO/N=C(/C(C)=N/O)c1cccc(C#N)c1. The molecule has 1 N–H and O–H groups in total. The highest BCUT2D eigenvalue weighted by molar-refractivity contribution is 6.47. The summed E-state index contributed by atoms with van der Waals surface area (Å²) in [6.45, 7) is 1.59. The summed E-state index contributed by atoms with van der Waals surface area (Å²) in [6.07, 6.45) is 0. The van der Waals surface area contributed by atoms with Gasteiger partial charge in [-0.15, -0.1) is 0 Å². The van der Waals surface area contributed by atoms with Crippen LogP contribution in [0.2, 0.25) is 0 Å². The minimum Gasteiger partial charge on any atom is -0.411 e. The molecule has 0 bridgehead atoms. The number of hydrogen-bond donors (Lipinski definition) is 1. The van der Waals surface area contributed by atoms with Gasteiger partial charge in [0.1, 0.15) is 18.5 Å². The normalized spacial score (nSPS) is 12.1. The molecule has 0 heterocycles. The van der Waals surface area contributed by atoms with Crippen molar-refractivity contribution in [3.63, 3.8) is 0 Å². The Morgan fingerprint density at radius 1 is 1.50 bits per heavy atom. The molecule has 16 heavy (non-hydrogen) atoms. The molecule has 0 amide bonds. The van der Waals surface area contributed by atoms with Crippen molar-refractivity contribution in [3.8, 4) is 6.07 Å². The second-order valence-corrected chi connectivity index (χ2v) is 3.00. The predicted molar refractivity (Wildman–Crippen MR) is 59.6 cm³/mol. The summed E-state index contributed by atoms with van der Waals surface area (Å²) in [4.78, 5) is 4.67. The highest BCUT2D eigenvalue weighted by Gasteiger charge is 2.09. The Bertz CT molecular complexity index is 472. The maximum absolute atomic E-state index is 8.77. The number of rotatable bonds is 3. The largest absolute Gasteiger partial charge is 0.411 e. The van der Waals surface area contributed by atoms with Crippen LogP contribution in [0.15, 0.2) is 34.6 Å². The number of oxime groups is 2. The van der Waals surface area contributed by atoms with Crippen LogP contribution < -0.4 is 0 Å². The second kappa shape index (κ2) is 5.51. The van der Waals surface area contributed by atoms with Crippen LogP contribution in [0, 0.1) is 11.3 Å². The van der Waals surface area contributed by atoms with Crippen molar-refractivity contribution in [3.05, 3.63) is 35.4 Å². The Labute approximate surface area is 93.3 Å². The molecular formula is C11H11N3O2. The van der Waals surface area contributed by atoms with Crippen molar-refractivity contribution < 1.29 is 10.0 Å². The summed E-state index contributed by atoms with van der Waals surface area (Å²) >= 11 is 0. The van der Waals surface area contributed by atoms with Gasteiger partial charge in [-0.2, -0.15) is 5.26 Å². The van der Waals surface area contributed by atoms with Crippen LogP contribution in [0.5, 0.6) is 0 Å². The van der Waals surface area contributed by atoms with Crippen LogP contribution in [0.3, 0.4) is 0 Å². The highest BCUT2D eigenvalue weighted by atomic mass is 16.6. The molecule has 0 aliphatic rings. The predicted octanol–water partition coefficient (Wildman–Crippen LogP) is 1.76. The molecule has 0 aromatic heterocycles. The van der Waals surface area contributed by atoms with Crippen molar-refractivity contribution in [2.75, 3.05) is 7.11 Å². The number of benzene rings is 1. The Morgan fingerprint density at radius 3 is 2.81 bits per heavy atom. The van der Waals surface area contributed by atoms with Gasteiger partial charge in [-0.1, -0.05) is 22.4 Å². The van der Waals surface area contributed by atoms with Gasteiger partial charge >= 0.3 is 0 Å². The van der Waals surface area contributed by atoms with E-state index in [1.807, 2.05) is 6.07 Å². The fourth-order valence-electron chi connectivity index (χ4n) is 1.20. The highest BCUT2D eigenvalue weighted by Crippen LogP contribution is 2.07. The number of nitrogens with zero attached hydrogens (tertiary/aromatic N) is 3. The minimum absolute atomic E-state index is 0.317. The van der Waals surface area contributed by atoms with Crippen molar-refractivity contribution in [2.45, 2.75) is 6.92 Å². The smallest absolute Gasteiger partial charge is 0.134 e. The van der Waals surface area contributed by atoms with E-state index in [0.717, 1.165) is 0 Å². The van der Waals surface area contributed by atoms with Crippen LogP contribution in [0.1, 0.15) is 18.1 Å². The van der Waals surface area contributed by atoms with Gasteiger partial charge in [0.05, 0.1) is 11.6 Å². The summed E-state index contributed by atoms with van der Waals surface area (Å²) < 4.78 is 0. The minimum atomic E-state index is 0.317. The summed E-state index contributed by atoms with van der Waals surface area (Å²) in [5.74, 6) is 0. The van der Waals surface area contributed by atoms with Crippen LogP contribution in [-0.4, -0.2) is 23.7 Å². The van der Waals surface area contributed by atoms with Crippen molar-refractivity contribution in [2.24, 2.45) is 10.3 Å². The van der Waals surface area contributed by atoms with Gasteiger partial charge in [0.15, 0.2) is 0 Å². The molecule has 1 aromatic carbocycles. The lowest BCUT2D eigenvalue weighted by Gasteiger charge is -2.04. The summed E-state index contributed by atoms with van der Waals surface area (Å²) in [7, 11) is 1.40. The first-order valence-corrected chi connectivity index (χ1v) is 4.53. The van der Waals surface area contributed by atoms with Crippen LogP contribution >= 0.6 is 0 Å². The maximum Gasteiger partial charge on any atom is 0.134 e. The van der Waals surface area contributed by atoms with Gasteiger partial charge in [-0.05, 0) is 19.1 Å². The average molecular weight is 217 g/mol. The third-order valence-electron chi connectivity index (χ3n) is 1.94. The third-order valence-corrected chi connectivity index (χ3v) is 1.94. The first-order valence-electron chi connectivity index (χ1n) is 4.53. The fourth-order valence-corrected chi connectivity index (χ4v) is 1.20. The second-order valence-electron chi connectivity index (χ2n) is 3.00. The zero-order valence-electron chi connectivity index (χ0n) is 9.01. The van der Waals surface area contributed by atoms with E-state index in [9.17, 15) is 0 Å². The molecule has 1 aromatic rings.